The predicted octanol–water partition coefficient (Wildman–Crippen LogP) is 4.86. The van der Waals surface area contributed by atoms with E-state index in [4.69, 9.17) is 11.6 Å². The van der Waals surface area contributed by atoms with Crippen LogP contribution in [0.4, 0.5) is 5.69 Å². The maximum absolute atomic E-state index is 10.8. The first-order valence-corrected chi connectivity index (χ1v) is 7.09. The van der Waals surface area contributed by atoms with Crippen molar-refractivity contribution in [3.63, 3.8) is 0 Å². The van der Waals surface area contributed by atoms with Crippen molar-refractivity contribution >= 4 is 40.8 Å². The number of nitro groups is 1. The van der Waals surface area contributed by atoms with Gasteiger partial charge in [-0.1, -0.05) is 41.2 Å². The quantitative estimate of drug-likeness (QED) is 0.475. The van der Waals surface area contributed by atoms with Crippen molar-refractivity contribution in [3.05, 3.63) is 51.5 Å². The minimum absolute atomic E-state index is 0.109. The Bertz CT molecular complexity index is 661. The van der Waals surface area contributed by atoms with Gasteiger partial charge in [-0.3, -0.25) is 10.1 Å². The second-order valence-corrected chi connectivity index (χ2v) is 6.20. The molecule has 0 N–H and O–H groups in total. The topological polar surface area (TPSA) is 43.1 Å². The highest BCUT2D eigenvalue weighted by atomic mass is 35.5. The maximum Gasteiger partial charge on any atom is 0.270 e. The molecule has 0 bridgehead atoms. The second kappa shape index (κ2) is 4.50. The standard InChI is InChI=1S/C12H6ClNO2S2/c13-8-2-1-3-10-12(8)18-11-6-7(14(15)16)4-5-9(11)17-10/h1-6H. The molecule has 1 heterocycles. The Kier molecular flexibility index (Phi) is 2.97. The Balaban J connectivity index is 2.09. The van der Waals surface area contributed by atoms with Crippen LogP contribution in [-0.2, 0) is 0 Å². The molecular weight excluding hydrogens is 290 g/mol. The van der Waals surface area contributed by atoms with E-state index in [1.165, 1.54) is 17.8 Å². The number of rotatable bonds is 1. The number of nitro benzene ring substituents is 1. The summed E-state index contributed by atoms with van der Waals surface area (Å²) >= 11 is 9.22. The molecule has 1 aliphatic rings. The van der Waals surface area contributed by atoms with Crippen LogP contribution < -0.4 is 0 Å². The van der Waals surface area contributed by atoms with E-state index in [2.05, 4.69) is 0 Å². The molecule has 3 nitrogen and oxygen atoms in total. The Morgan fingerprint density at radius 2 is 1.89 bits per heavy atom. The summed E-state index contributed by atoms with van der Waals surface area (Å²) in [5.74, 6) is 0. The number of hydrogen-bond acceptors (Lipinski definition) is 4. The van der Waals surface area contributed by atoms with Gasteiger partial charge in [0.1, 0.15) is 0 Å². The summed E-state index contributed by atoms with van der Waals surface area (Å²) in [6.07, 6.45) is 0. The molecule has 6 heteroatoms. The molecule has 0 spiro atoms. The van der Waals surface area contributed by atoms with Gasteiger partial charge in [0.05, 0.1) is 9.95 Å². The van der Waals surface area contributed by atoms with Gasteiger partial charge >= 0.3 is 0 Å². The molecule has 2 aromatic rings. The number of benzene rings is 2. The van der Waals surface area contributed by atoms with Crippen molar-refractivity contribution in [2.75, 3.05) is 0 Å². The predicted molar refractivity (Wildman–Crippen MR) is 72.8 cm³/mol. The molecule has 0 atom stereocenters. The molecule has 0 saturated heterocycles. The summed E-state index contributed by atoms with van der Waals surface area (Å²) < 4.78 is 0. The second-order valence-electron chi connectivity index (χ2n) is 3.66. The number of nitrogens with zero attached hydrogens (tertiary/aromatic N) is 1. The smallest absolute Gasteiger partial charge is 0.258 e. The molecule has 0 aliphatic carbocycles. The van der Waals surface area contributed by atoms with Crippen molar-refractivity contribution in [2.45, 2.75) is 19.6 Å². The summed E-state index contributed by atoms with van der Waals surface area (Å²) in [6.45, 7) is 0. The van der Waals surface area contributed by atoms with Gasteiger partial charge in [-0.2, -0.15) is 0 Å². The average Bonchev–Trinajstić information content (AvgIpc) is 2.36. The van der Waals surface area contributed by atoms with Gasteiger partial charge in [0.2, 0.25) is 0 Å². The fourth-order valence-electron chi connectivity index (χ4n) is 1.67. The highest BCUT2D eigenvalue weighted by Crippen LogP contribution is 2.51. The first-order valence-electron chi connectivity index (χ1n) is 5.08. The van der Waals surface area contributed by atoms with Crippen LogP contribution in [0.15, 0.2) is 56.0 Å². The third-order valence-corrected chi connectivity index (χ3v) is 5.52. The van der Waals surface area contributed by atoms with Crippen LogP contribution in [0.2, 0.25) is 5.02 Å². The van der Waals surface area contributed by atoms with Gasteiger partial charge in [0.25, 0.3) is 5.69 Å². The molecule has 1 aliphatic heterocycles. The van der Waals surface area contributed by atoms with E-state index in [1.54, 1.807) is 23.9 Å². The number of hydrogen-bond donors (Lipinski definition) is 0. The van der Waals surface area contributed by atoms with Crippen molar-refractivity contribution in [3.8, 4) is 0 Å². The fraction of sp³-hybridized carbons (Fsp3) is 0. The molecule has 0 unspecified atom stereocenters. The zero-order valence-electron chi connectivity index (χ0n) is 8.92. The van der Waals surface area contributed by atoms with E-state index in [0.29, 0.717) is 5.02 Å². The van der Waals surface area contributed by atoms with Crippen molar-refractivity contribution in [2.24, 2.45) is 0 Å². The maximum atomic E-state index is 10.8. The summed E-state index contributed by atoms with van der Waals surface area (Å²) in [7, 11) is 0. The molecule has 0 saturated carbocycles. The molecule has 0 aromatic heterocycles. The normalized spacial score (nSPS) is 12.7. The fourth-order valence-corrected chi connectivity index (χ4v) is 4.30. The van der Waals surface area contributed by atoms with Crippen LogP contribution in [0, 0.1) is 10.1 Å². The zero-order valence-corrected chi connectivity index (χ0v) is 11.3. The van der Waals surface area contributed by atoms with Crippen LogP contribution in [0.3, 0.4) is 0 Å². The lowest BCUT2D eigenvalue weighted by Crippen LogP contribution is -1.93. The summed E-state index contributed by atoms with van der Waals surface area (Å²) in [6, 6.07) is 10.7. The molecule has 3 rings (SSSR count). The van der Waals surface area contributed by atoms with Gasteiger partial charge in [-0.05, 0) is 18.2 Å². The van der Waals surface area contributed by atoms with Crippen LogP contribution in [-0.4, -0.2) is 4.92 Å². The minimum atomic E-state index is -0.381. The lowest BCUT2D eigenvalue weighted by molar-refractivity contribution is -0.385. The Morgan fingerprint density at radius 1 is 1.06 bits per heavy atom. The van der Waals surface area contributed by atoms with Gasteiger partial charge in [0.15, 0.2) is 0 Å². The molecule has 0 radical (unpaired) electrons. The first kappa shape index (κ1) is 11.9. The van der Waals surface area contributed by atoms with E-state index < -0.39 is 0 Å². The number of non-ortho nitro benzene ring substituents is 1. The molecule has 0 fully saturated rings. The SMILES string of the molecule is O=[N+]([O-])c1ccc2c(c1)Sc1c(Cl)cccc1S2. The van der Waals surface area contributed by atoms with Gasteiger partial charge in [-0.25, -0.2) is 0 Å². The summed E-state index contributed by atoms with van der Waals surface area (Å²) in [5.41, 5.74) is 0.109. The highest BCUT2D eigenvalue weighted by molar-refractivity contribution is 8.05. The Hall–Kier alpha value is -1.17. The van der Waals surface area contributed by atoms with E-state index in [0.717, 1.165) is 19.6 Å². The van der Waals surface area contributed by atoms with E-state index in [1.807, 2.05) is 18.2 Å². The lowest BCUT2D eigenvalue weighted by Gasteiger charge is -2.18. The minimum Gasteiger partial charge on any atom is -0.258 e. The van der Waals surface area contributed by atoms with Crippen LogP contribution >= 0.6 is 35.1 Å². The van der Waals surface area contributed by atoms with Crippen LogP contribution in [0.1, 0.15) is 0 Å². The van der Waals surface area contributed by atoms with Crippen LogP contribution in [0.25, 0.3) is 0 Å². The number of fused-ring (bicyclic) bond motifs is 2. The van der Waals surface area contributed by atoms with Crippen molar-refractivity contribution in [1.82, 2.24) is 0 Å². The molecule has 0 amide bonds. The number of halogens is 1. The Labute approximate surface area is 117 Å². The molecule has 2 aromatic carbocycles. The summed E-state index contributed by atoms with van der Waals surface area (Å²) in [4.78, 5) is 14.4. The van der Waals surface area contributed by atoms with E-state index in [9.17, 15) is 10.1 Å². The van der Waals surface area contributed by atoms with Gasteiger partial charge in [-0.15, -0.1) is 0 Å². The van der Waals surface area contributed by atoms with Crippen molar-refractivity contribution < 1.29 is 4.92 Å². The lowest BCUT2D eigenvalue weighted by atomic mass is 10.3. The Morgan fingerprint density at radius 3 is 2.67 bits per heavy atom. The van der Waals surface area contributed by atoms with Crippen LogP contribution in [0.5, 0.6) is 0 Å². The first-order chi connectivity index (χ1) is 8.65. The largest absolute Gasteiger partial charge is 0.270 e. The monoisotopic (exact) mass is 295 g/mol. The molecule has 90 valence electrons. The van der Waals surface area contributed by atoms with Gasteiger partial charge in [0, 0.05) is 31.7 Å². The average molecular weight is 296 g/mol. The highest BCUT2D eigenvalue weighted by Gasteiger charge is 2.21. The zero-order chi connectivity index (χ0) is 12.7. The third-order valence-electron chi connectivity index (χ3n) is 2.50. The van der Waals surface area contributed by atoms with E-state index in [-0.39, 0.29) is 10.6 Å². The van der Waals surface area contributed by atoms with Gasteiger partial charge < -0.3 is 0 Å². The molecule has 18 heavy (non-hydrogen) atoms. The third kappa shape index (κ3) is 1.98. The molecular formula is C12H6ClNO2S2. The van der Waals surface area contributed by atoms with Crippen molar-refractivity contribution in [1.29, 1.82) is 0 Å². The summed E-state index contributed by atoms with van der Waals surface area (Å²) in [5, 5.41) is 11.4. The van der Waals surface area contributed by atoms with E-state index >= 15 is 0 Å².